The summed E-state index contributed by atoms with van der Waals surface area (Å²) in [7, 11) is 0. The summed E-state index contributed by atoms with van der Waals surface area (Å²) >= 11 is 0. The Hall–Kier alpha value is -3.48. The van der Waals surface area contributed by atoms with E-state index in [4.69, 9.17) is 4.42 Å². The standard InChI is InChI=1S/C20H20N4O3/c1-13-4-3-5-17(12-13)20-24-23-19(27-20)16-8-6-15(7-9-16)18(26)22-11-10-21-14(2)25/h3-9,12H,10-11H2,1-2H3,(H,21,25)(H,22,26). The summed E-state index contributed by atoms with van der Waals surface area (Å²) in [6, 6.07) is 14.7. The molecule has 2 amide bonds. The third-order valence-corrected chi connectivity index (χ3v) is 3.87. The lowest BCUT2D eigenvalue weighted by molar-refractivity contribution is -0.118. The molecule has 0 atom stereocenters. The second kappa shape index (κ2) is 8.27. The van der Waals surface area contributed by atoms with Gasteiger partial charge in [-0.25, -0.2) is 0 Å². The van der Waals surface area contributed by atoms with Gasteiger partial charge in [-0.1, -0.05) is 17.7 Å². The number of hydrogen-bond donors (Lipinski definition) is 2. The predicted octanol–water partition coefficient (Wildman–Crippen LogP) is 2.58. The number of aromatic nitrogens is 2. The van der Waals surface area contributed by atoms with Gasteiger partial charge >= 0.3 is 0 Å². The smallest absolute Gasteiger partial charge is 0.251 e. The third kappa shape index (κ3) is 4.78. The number of nitrogens with one attached hydrogen (secondary N) is 2. The molecule has 3 aromatic rings. The number of rotatable bonds is 6. The van der Waals surface area contributed by atoms with E-state index in [-0.39, 0.29) is 11.8 Å². The quantitative estimate of drug-likeness (QED) is 0.655. The molecule has 0 radical (unpaired) electrons. The molecule has 0 saturated heterocycles. The minimum Gasteiger partial charge on any atom is -0.416 e. The maximum Gasteiger partial charge on any atom is 0.251 e. The van der Waals surface area contributed by atoms with Crippen molar-refractivity contribution < 1.29 is 14.0 Å². The largest absolute Gasteiger partial charge is 0.416 e. The summed E-state index contributed by atoms with van der Waals surface area (Å²) in [4.78, 5) is 22.9. The molecule has 0 aliphatic heterocycles. The van der Waals surface area contributed by atoms with Crippen LogP contribution in [0, 0.1) is 6.92 Å². The first-order chi connectivity index (χ1) is 13.0. The van der Waals surface area contributed by atoms with Gasteiger partial charge in [-0.15, -0.1) is 10.2 Å². The summed E-state index contributed by atoms with van der Waals surface area (Å²) in [5.74, 6) is 0.508. The molecule has 0 bridgehead atoms. The molecule has 7 heteroatoms. The van der Waals surface area contributed by atoms with Crippen molar-refractivity contribution in [3.05, 3.63) is 59.7 Å². The predicted molar refractivity (Wildman–Crippen MR) is 101 cm³/mol. The van der Waals surface area contributed by atoms with Gasteiger partial charge in [0.25, 0.3) is 5.91 Å². The number of carbonyl (C=O) groups is 2. The van der Waals surface area contributed by atoms with E-state index in [9.17, 15) is 9.59 Å². The molecule has 0 aliphatic rings. The number of aryl methyl sites for hydroxylation is 1. The van der Waals surface area contributed by atoms with Crippen molar-refractivity contribution >= 4 is 11.8 Å². The van der Waals surface area contributed by atoms with Crippen LogP contribution in [0.1, 0.15) is 22.8 Å². The van der Waals surface area contributed by atoms with Crippen molar-refractivity contribution in [2.75, 3.05) is 13.1 Å². The van der Waals surface area contributed by atoms with Crippen molar-refractivity contribution in [3.8, 4) is 22.9 Å². The Kier molecular flexibility index (Phi) is 5.61. The molecule has 138 valence electrons. The highest BCUT2D eigenvalue weighted by atomic mass is 16.4. The van der Waals surface area contributed by atoms with Gasteiger partial charge in [-0.2, -0.15) is 0 Å². The Labute approximate surface area is 156 Å². The topological polar surface area (TPSA) is 97.1 Å². The summed E-state index contributed by atoms with van der Waals surface area (Å²) in [5, 5.41) is 13.5. The van der Waals surface area contributed by atoms with E-state index in [0.29, 0.717) is 30.4 Å². The van der Waals surface area contributed by atoms with Crippen LogP contribution in [0.2, 0.25) is 0 Å². The lowest BCUT2D eigenvalue weighted by Crippen LogP contribution is -2.33. The Morgan fingerprint density at radius 2 is 1.59 bits per heavy atom. The van der Waals surface area contributed by atoms with E-state index in [1.54, 1.807) is 24.3 Å². The summed E-state index contributed by atoms with van der Waals surface area (Å²) < 4.78 is 5.75. The van der Waals surface area contributed by atoms with Crippen LogP contribution in [-0.4, -0.2) is 35.1 Å². The summed E-state index contributed by atoms with van der Waals surface area (Å²) in [5.41, 5.74) is 3.22. The van der Waals surface area contributed by atoms with Crippen LogP contribution in [0.3, 0.4) is 0 Å². The van der Waals surface area contributed by atoms with Crippen LogP contribution in [0.5, 0.6) is 0 Å². The average molecular weight is 364 g/mol. The van der Waals surface area contributed by atoms with Crippen molar-refractivity contribution in [2.45, 2.75) is 13.8 Å². The lowest BCUT2D eigenvalue weighted by atomic mass is 10.1. The van der Waals surface area contributed by atoms with E-state index in [1.807, 2.05) is 31.2 Å². The minimum absolute atomic E-state index is 0.127. The zero-order chi connectivity index (χ0) is 19.2. The second-order valence-corrected chi connectivity index (χ2v) is 6.10. The molecule has 27 heavy (non-hydrogen) atoms. The van der Waals surface area contributed by atoms with Gasteiger partial charge in [0.2, 0.25) is 17.7 Å². The van der Waals surface area contributed by atoms with Gasteiger partial charge in [0.05, 0.1) is 0 Å². The van der Waals surface area contributed by atoms with Gasteiger partial charge < -0.3 is 15.1 Å². The normalized spacial score (nSPS) is 10.4. The molecule has 0 unspecified atom stereocenters. The Morgan fingerprint density at radius 3 is 2.26 bits per heavy atom. The summed E-state index contributed by atoms with van der Waals surface area (Å²) in [6.07, 6.45) is 0. The van der Waals surface area contributed by atoms with E-state index >= 15 is 0 Å². The molecule has 7 nitrogen and oxygen atoms in total. The zero-order valence-corrected chi connectivity index (χ0v) is 15.2. The molecular weight excluding hydrogens is 344 g/mol. The van der Waals surface area contributed by atoms with Crippen LogP contribution in [0.15, 0.2) is 52.9 Å². The van der Waals surface area contributed by atoms with Gasteiger partial charge in [-0.3, -0.25) is 9.59 Å². The minimum atomic E-state index is -0.210. The fraction of sp³-hybridized carbons (Fsp3) is 0.200. The van der Waals surface area contributed by atoms with E-state index in [1.165, 1.54) is 6.92 Å². The monoisotopic (exact) mass is 364 g/mol. The van der Waals surface area contributed by atoms with Gasteiger partial charge in [0.1, 0.15) is 0 Å². The van der Waals surface area contributed by atoms with Crippen LogP contribution in [0.4, 0.5) is 0 Å². The van der Waals surface area contributed by atoms with Crippen molar-refractivity contribution in [3.63, 3.8) is 0 Å². The van der Waals surface area contributed by atoms with Crippen molar-refractivity contribution in [1.82, 2.24) is 20.8 Å². The second-order valence-electron chi connectivity index (χ2n) is 6.10. The Balaban J connectivity index is 1.65. The fourth-order valence-corrected chi connectivity index (χ4v) is 2.52. The number of nitrogens with zero attached hydrogens (tertiary/aromatic N) is 2. The van der Waals surface area contributed by atoms with E-state index in [2.05, 4.69) is 20.8 Å². The highest BCUT2D eigenvalue weighted by molar-refractivity contribution is 5.94. The van der Waals surface area contributed by atoms with Gasteiger partial charge in [0, 0.05) is 36.7 Å². The number of amides is 2. The number of carbonyl (C=O) groups excluding carboxylic acids is 2. The molecule has 0 spiro atoms. The summed E-state index contributed by atoms with van der Waals surface area (Å²) in [6.45, 7) is 4.19. The third-order valence-electron chi connectivity index (χ3n) is 3.87. The number of benzene rings is 2. The molecule has 3 rings (SSSR count). The first-order valence-corrected chi connectivity index (χ1v) is 8.56. The molecule has 0 saturated carbocycles. The molecule has 1 aromatic heterocycles. The van der Waals surface area contributed by atoms with Gasteiger partial charge in [0.15, 0.2) is 0 Å². The lowest BCUT2D eigenvalue weighted by Gasteiger charge is -2.06. The zero-order valence-electron chi connectivity index (χ0n) is 15.2. The van der Waals surface area contributed by atoms with Crippen molar-refractivity contribution in [2.24, 2.45) is 0 Å². The molecule has 0 aliphatic carbocycles. The molecule has 2 N–H and O–H groups in total. The van der Waals surface area contributed by atoms with Crippen LogP contribution in [0.25, 0.3) is 22.9 Å². The first-order valence-electron chi connectivity index (χ1n) is 8.56. The maximum atomic E-state index is 12.1. The molecular formula is C20H20N4O3. The number of hydrogen-bond acceptors (Lipinski definition) is 5. The SMILES string of the molecule is CC(=O)NCCNC(=O)c1ccc(-c2nnc(-c3cccc(C)c3)o2)cc1. The van der Waals surface area contributed by atoms with Crippen LogP contribution in [-0.2, 0) is 4.79 Å². The van der Waals surface area contributed by atoms with Crippen LogP contribution < -0.4 is 10.6 Å². The fourth-order valence-electron chi connectivity index (χ4n) is 2.52. The maximum absolute atomic E-state index is 12.1. The highest BCUT2D eigenvalue weighted by Gasteiger charge is 2.12. The highest BCUT2D eigenvalue weighted by Crippen LogP contribution is 2.24. The van der Waals surface area contributed by atoms with Gasteiger partial charge in [-0.05, 0) is 43.3 Å². The van der Waals surface area contributed by atoms with E-state index < -0.39 is 0 Å². The Morgan fingerprint density at radius 1 is 0.926 bits per heavy atom. The Bertz CT molecular complexity index is 948. The molecule has 2 aromatic carbocycles. The molecule has 1 heterocycles. The van der Waals surface area contributed by atoms with Crippen LogP contribution >= 0.6 is 0 Å². The average Bonchev–Trinajstić information content (AvgIpc) is 3.15. The van der Waals surface area contributed by atoms with Crippen molar-refractivity contribution in [1.29, 1.82) is 0 Å². The van der Waals surface area contributed by atoms with E-state index in [0.717, 1.165) is 16.7 Å². The molecule has 0 fully saturated rings. The first kappa shape index (κ1) is 18.3.